The van der Waals surface area contributed by atoms with Gasteiger partial charge in [-0.1, -0.05) is 17.7 Å². The van der Waals surface area contributed by atoms with Crippen molar-refractivity contribution in [1.82, 2.24) is 14.8 Å². The maximum atomic E-state index is 6.20. The quantitative estimate of drug-likeness (QED) is 0.735. The summed E-state index contributed by atoms with van der Waals surface area (Å²) in [6, 6.07) is 4.15. The van der Waals surface area contributed by atoms with E-state index in [2.05, 4.69) is 20.9 Å². The first-order chi connectivity index (χ1) is 13.2. The van der Waals surface area contributed by atoms with Crippen LogP contribution in [-0.4, -0.2) is 73.2 Å². The van der Waals surface area contributed by atoms with Gasteiger partial charge < -0.3 is 14.2 Å². The van der Waals surface area contributed by atoms with Crippen LogP contribution in [0.4, 0.5) is 0 Å². The van der Waals surface area contributed by atoms with Crippen LogP contribution in [0.2, 0.25) is 5.15 Å². The first kappa shape index (κ1) is 18.3. The van der Waals surface area contributed by atoms with Crippen LogP contribution in [0, 0.1) is 0 Å². The normalized spacial score (nSPS) is 27.4. The number of morpholine rings is 1. The molecule has 4 aliphatic rings. The third-order valence-corrected chi connectivity index (χ3v) is 7.04. The van der Waals surface area contributed by atoms with Gasteiger partial charge in [0.25, 0.3) is 0 Å². The van der Waals surface area contributed by atoms with Crippen LogP contribution < -0.4 is 0 Å². The van der Waals surface area contributed by atoms with Crippen molar-refractivity contribution >= 4 is 11.6 Å². The fourth-order valence-electron chi connectivity index (χ4n) is 5.32. The molecule has 27 heavy (non-hydrogen) atoms. The Morgan fingerprint density at radius 2 is 1.70 bits per heavy atom. The number of rotatable bonds is 3. The van der Waals surface area contributed by atoms with E-state index in [0.29, 0.717) is 5.15 Å². The molecule has 3 fully saturated rings. The molecule has 0 N–H and O–H groups in total. The van der Waals surface area contributed by atoms with Gasteiger partial charge in [-0.05, 0) is 24.5 Å². The van der Waals surface area contributed by atoms with Gasteiger partial charge in [0, 0.05) is 51.1 Å². The van der Waals surface area contributed by atoms with Gasteiger partial charge in [-0.3, -0.25) is 9.80 Å². The Morgan fingerprint density at radius 1 is 0.963 bits per heavy atom. The number of ether oxygens (including phenoxy) is 3. The highest BCUT2D eigenvalue weighted by Gasteiger charge is 2.52. The number of hydrogen-bond donors (Lipinski definition) is 0. The van der Waals surface area contributed by atoms with Gasteiger partial charge >= 0.3 is 0 Å². The second-order valence-corrected chi connectivity index (χ2v) is 8.53. The third-order valence-electron chi connectivity index (χ3n) is 6.83. The van der Waals surface area contributed by atoms with E-state index in [0.717, 1.165) is 90.5 Å². The molecule has 148 valence electrons. The number of pyridine rings is 1. The molecule has 4 heterocycles. The molecule has 5 rings (SSSR count). The average molecular weight is 394 g/mol. The van der Waals surface area contributed by atoms with Gasteiger partial charge in [-0.15, -0.1) is 0 Å². The summed E-state index contributed by atoms with van der Waals surface area (Å²) < 4.78 is 17.5. The van der Waals surface area contributed by atoms with Crippen molar-refractivity contribution in [2.45, 2.75) is 43.6 Å². The topological polar surface area (TPSA) is 47.1 Å². The SMILES string of the molecule is Clc1ccc2c(n1)CN(CCN1CCOCC1)C21CCC2(CC1)OCCO2. The maximum absolute atomic E-state index is 6.20. The molecule has 0 bridgehead atoms. The molecule has 2 spiro atoms. The Kier molecular flexibility index (Phi) is 4.91. The highest BCUT2D eigenvalue weighted by Crippen LogP contribution is 2.52. The smallest absolute Gasteiger partial charge is 0.168 e. The van der Waals surface area contributed by atoms with E-state index >= 15 is 0 Å². The molecule has 7 heteroatoms. The van der Waals surface area contributed by atoms with Crippen molar-refractivity contribution in [3.05, 3.63) is 28.5 Å². The van der Waals surface area contributed by atoms with Gasteiger partial charge in [-0.25, -0.2) is 4.98 Å². The van der Waals surface area contributed by atoms with Crippen LogP contribution in [-0.2, 0) is 26.3 Å². The van der Waals surface area contributed by atoms with E-state index in [-0.39, 0.29) is 11.3 Å². The maximum Gasteiger partial charge on any atom is 0.168 e. The lowest BCUT2D eigenvalue weighted by atomic mass is 9.74. The monoisotopic (exact) mass is 393 g/mol. The number of fused-ring (bicyclic) bond motifs is 2. The first-order valence-corrected chi connectivity index (χ1v) is 10.6. The van der Waals surface area contributed by atoms with Crippen molar-refractivity contribution < 1.29 is 14.2 Å². The summed E-state index contributed by atoms with van der Waals surface area (Å²) in [7, 11) is 0. The summed E-state index contributed by atoms with van der Waals surface area (Å²) in [6.07, 6.45) is 3.99. The van der Waals surface area contributed by atoms with Gasteiger partial charge in [0.1, 0.15) is 5.15 Å². The lowest BCUT2D eigenvalue weighted by Crippen LogP contribution is -2.51. The molecule has 1 aromatic heterocycles. The van der Waals surface area contributed by atoms with Gasteiger partial charge in [0.15, 0.2) is 5.79 Å². The van der Waals surface area contributed by atoms with E-state index in [1.807, 2.05) is 6.07 Å². The highest BCUT2D eigenvalue weighted by molar-refractivity contribution is 6.29. The molecule has 1 aromatic rings. The average Bonchev–Trinajstić information content (AvgIpc) is 3.26. The molecule has 0 radical (unpaired) electrons. The van der Waals surface area contributed by atoms with Gasteiger partial charge in [0.05, 0.1) is 32.1 Å². The van der Waals surface area contributed by atoms with E-state index in [9.17, 15) is 0 Å². The minimum Gasteiger partial charge on any atom is -0.379 e. The van der Waals surface area contributed by atoms with Gasteiger partial charge in [-0.2, -0.15) is 0 Å². The summed E-state index contributed by atoms with van der Waals surface area (Å²) in [4.78, 5) is 9.81. The Balaban J connectivity index is 1.37. The zero-order valence-electron chi connectivity index (χ0n) is 15.8. The van der Waals surface area contributed by atoms with Crippen LogP contribution >= 0.6 is 11.6 Å². The molecule has 0 atom stereocenters. The van der Waals surface area contributed by atoms with Crippen molar-refractivity contribution in [2.75, 3.05) is 52.6 Å². The van der Waals surface area contributed by atoms with E-state index in [1.54, 1.807) is 0 Å². The van der Waals surface area contributed by atoms with E-state index < -0.39 is 0 Å². The van der Waals surface area contributed by atoms with Crippen molar-refractivity contribution in [1.29, 1.82) is 0 Å². The van der Waals surface area contributed by atoms with Crippen LogP contribution in [0.1, 0.15) is 36.9 Å². The highest BCUT2D eigenvalue weighted by atomic mass is 35.5. The largest absolute Gasteiger partial charge is 0.379 e. The third kappa shape index (κ3) is 3.30. The predicted octanol–water partition coefficient (Wildman–Crippen LogP) is 2.40. The minimum absolute atomic E-state index is 0.0414. The molecule has 0 amide bonds. The Morgan fingerprint density at radius 3 is 2.44 bits per heavy atom. The molecule has 0 aromatic carbocycles. The lowest BCUT2D eigenvalue weighted by Gasteiger charge is -2.47. The Bertz CT molecular complexity index is 679. The van der Waals surface area contributed by atoms with Gasteiger partial charge in [0.2, 0.25) is 0 Å². The fourth-order valence-corrected chi connectivity index (χ4v) is 5.48. The molecule has 0 unspecified atom stereocenters. The summed E-state index contributed by atoms with van der Waals surface area (Å²) in [5, 5.41) is 0.591. The second-order valence-electron chi connectivity index (χ2n) is 8.14. The van der Waals surface area contributed by atoms with Crippen LogP contribution in [0.3, 0.4) is 0 Å². The van der Waals surface area contributed by atoms with E-state index in [4.69, 9.17) is 25.8 Å². The zero-order valence-corrected chi connectivity index (χ0v) is 16.5. The first-order valence-electron chi connectivity index (χ1n) is 10.2. The standard InChI is InChI=1S/C20H28ClN3O3/c21-18-2-1-16-17(22-18)15-24(8-7-23-9-11-25-12-10-23)19(16)3-5-20(6-4-19)26-13-14-27-20/h1-2H,3-15H2. The summed E-state index contributed by atoms with van der Waals surface area (Å²) in [5.74, 6) is -0.344. The summed E-state index contributed by atoms with van der Waals surface area (Å²) in [6.45, 7) is 8.20. The predicted molar refractivity (Wildman–Crippen MR) is 102 cm³/mol. The number of nitrogens with zero attached hydrogens (tertiary/aromatic N) is 3. The minimum atomic E-state index is -0.344. The number of halogens is 1. The van der Waals surface area contributed by atoms with Crippen LogP contribution in [0.15, 0.2) is 12.1 Å². The Labute approximate surface area is 165 Å². The van der Waals surface area contributed by atoms with Crippen molar-refractivity contribution in [3.63, 3.8) is 0 Å². The lowest BCUT2D eigenvalue weighted by molar-refractivity contribution is -0.195. The van der Waals surface area contributed by atoms with Crippen LogP contribution in [0.25, 0.3) is 0 Å². The number of hydrogen-bond acceptors (Lipinski definition) is 6. The molecule has 1 saturated carbocycles. The Hall–Kier alpha value is -0.760. The molecule has 1 aliphatic carbocycles. The van der Waals surface area contributed by atoms with Crippen molar-refractivity contribution in [3.8, 4) is 0 Å². The van der Waals surface area contributed by atoms with Crippen molar-refractivity contribution in [2.24, 2.45) is 0 Å². The molecule has 6 nitrogen and oxygen atoms in total. The zero-order chi connectivity index (χ0) is 18.3. The molecular formula is C20H28ClN3O3. The van der Waals surface area contributed by atoms with E-state index in [1.165, 1.54) is 5.56 Å². The molecule has 3 aliphatic heterocycles. The fraction of sp³-hybridized carbons (Fsp3) is 0.750. The summed E-state index contributed by atoms with van der Waals surface area (Å²) in [5.41, 5.74) is 2.55. The molecule has 2 saturated heterocycles. The molecular weight excluding hydrogens is 366 g/mol. The van der Waals surface area contributed by atoms with Crippen LogP contribution in [0.5, 0.6) is 0 Å². The number of aromatic nitrogens is 1. The summed E-state index contributed by atoms with van der Waals surface area (Å²) >= 11 is 6.20. The second kappa shape index (κ2) is 7.25.